The largest absolute Gasteiger partial charge is 0.367 e. The van der Waals surface area contributed by atoms with Crippen LogP contribution in [0, 0.1) is 0 Å². The molecule has 1 amide bonds. The van der Waals surface area contributed by atoms with E-state index in [-0.39, 0.29) is 23.8 Å². The van der Waals surface area contributed by atoms with E-state index in [4.69, 9.17) is 0 Å². The second kappa shape index (κ2) is 5.28. The smallest absolute Gasteiger partial charge is 0.242 e. The van der Waals surface area contributed by atoms with E-state index in [0.717, 1.165) is 5.56 Å². The van der Waals surface area contributed by atoms with Gasteiger partial charge in [-0.05, 0) is 45.3 Å². The minimum absolute atomic E-state index is 0.133. The van der Waals surface area contributed by atoms with Gasteiger partial charge < -0.3 is 10.3 Å². The topological polar surface area (TPSA) is 91.1 Å². The molecule has 0 saturated heterocycles. The van der Waals surface area contributed by atoms with Crippen molar-refractivity contribution in [1.82, 2.24) is 9.71 Å². The van der Waals surface area contributed by atoms with Gasteiger partial charge in [0.1, 0.15) is 0 Å². The first-order valence-corrected chi connectivity index (χ1v) is 8.47. The maximum atomic E-state index is 12.4. The third kappa shape index (κ3) is 2.87. The Bertz CT molecular complexity index is 800. The van der Waals surface area contributed by atoms with Gasteiger partial charge in [0.2, 0.25) is 15.9 Å². The molecule has 6 nitrogen and oxygen atoms in total. The van der Waals surface area contributed by atoms with Crippen molar-refractivity contribution in [3.8, 4) is 0 Å². The number of nitrogens with one attached hydrogen (secondary N) is 3. The van der Waals surface area contributed by atoms with Crippen LogP contribution in [0.25, 0.3) is 0 Å². The molecule has 2 aromatic rings. The van der Waals surface area contributed by atoms with Crippen LogP contribution in [0.4, 0.5) is 5.69 Å². The summed E-state index contributed by atoms with van der Waals surface area (Å²) >= 11 is 3.25. The Morgan fingerprint density at radius 1 is 1.33 bits per heavy atom. The maximum absolute atomic E-state index is 12.4. The summed E-state index contributed by atoms with van der Waals surface area (Å²) in [6.45, 7) is 0.201. The zero-order valence-electron chi connectivity index (χ0n) is 10.8. The van der Waals surface area contributed by atoms with Gasteiger partial charge in [-0.1, -0.05) is 0 Å². The number of aromatic nitrogens is 1. The molecule has 1 aromatic carbocycles. The maximum Gasteiger partial charge on any atom is 0.242 e. The van der Waals surface area contributed by atoms with Gasteiger partial charge in [-0.3, -0.25) is 4.79 Å². The van der Waals surface area contributed by atoms with E-state index in [1.165, 1.54) is 6.07 Å². The van der Waals surface area contributed by atoms with E-state index in [1.807, 2.05) is 0 Å². The van der Waals surface area contributed by atoms with Gasteiger partial charge in [0.15, 0.2) is 0 Å². The molecule has 1 aromatic heterocycles. The van der Waals surface area contributed by atoms with Crippen molar-refractivity contribution in [2.45, 2.75) is 17.9 Å². The first-order chi connectivity index (χ1) is 9.95. The van der Waals surface area contributed by atoms with Gasteiger partial charge in [0.25, 0.3) is 0 Å². The van der Waals surface area contributed by atoms with Gasteiger partial charge >= 0.3 is 0 Å². The molecule has 3 rings (SSSR count). The number of fused-ring (bicyclic) bond motifs is 1. The number of benzene rings is 1. The Labute approximate surface area is 130 Å². The van der Waals surface area contributed by atoms with Crippen LogP contribution in [0.5, 0.6) is 0 Å². The van der Waals surface area contributed by atoms with Crippen LogP contribution < -0.4 is 10.0 Å². The number of halogens is 1. The van der Waals surface area contributed by atoms with Crippen molar-refractivity contribution < 1.29 is 13.2 Å². The number of carbonyl (C=O) groups excluding carboxylic acids is 1. The molecule has 0 spiro atoms. The van der Waals surface area contributed by atoms with E-state index < -0.39 is 10.0 Å². The minimum atomic E-state index is -3.66. The number of carbonyl (C=O) groups is 1. The number of amides is 1. The van der Waals surface area contributed by atoms with Crippen molar-refractivity contribution >= 4 is 37.5 Å². The summed E-state index contributed by atoms with van der Waals surface area (Å²) in [5.74, 6) is -0.133. The molecule has 0 unspecified atom stereocenters. The third-order valence-electron chi connectivity index (χ3n) is 3.20. The van der Waals surface area contributed by atoms with Gasteiger partial charge in [-0.15, -0.1) is 0 Å². The number of rotatable bonds is 4. The van der Waals surface area contributed by atoms with Crippen LogP contribution in [0.2, 0.25) is 0 Å². The minimum Gasteiger partial charge on any atom is -0.367 e. The van der Waals surface area contributed by atoms with Crippen LogP contribution in [0.1, 0.15) is 11.1 Å². The molecule has 0 saturated carbocycles. The molecular formula is C13H12BrN3O3S. The molecule has 0 radical (unpaired) electrons. The molecule has 8 heteroatoms. The fourth-order valence-electron chi connectivity index (χ4n) is 2.16. The number of hydrogen-bond acceptors (Lipinski definition) is 3. The van der Waals surface area contributed by atoms with Crippen molar-refractivity contribution in [3.63, 3.8) is 0 Å². The molecule has 110 valence electrons. The second-order valence-electron chi connectivity index (χ2n) is 4.71. The van der Waals surface area contributed by atoms with E-state index in [9.17, 15) is 13.2 Å². The lowest BCUT2D eigenvalue weighted by molar-refractivity contribution is -0.115. The van der Waals surface area contributed by atoms with E-state index in [0.29, 0.717) is 15.7 Å². The first kappa shape index (κ1) is 14.3. The van der Waals surface area contributed by atoms with Crippen molar-refractivity contribution in [2.24, 2.45) is 0 Å². The predicted molar refractivity (Wildman–Crippen MR) is 81.3 cm³/mol. The number of sulfonamides is 1. The number of aromatic amines is 1. The van der Waals surface area contributed by atoms with Crippen LogP contribution >= 0.6 is 15.9 Å². The van der Waals surface area contributed by atoms with Crippen LogP contribution in [-0.2, 0) is 27.8 Å². The van der Waals surface area contributed by atoms with Crippen LogP contribution in [0.3, 0.4) is 0 Å². The molecule has 0 bridgehead atoms. The molecule has 0 fully saturated rings. The zero-order chi connectivity index (χ0) is 15.0. The van der Waals surface area contributed by atoms with Crippen LogP contribution in [0.15, 0.2) is 40.0 Å². The summed E-state index contributed by atoms with van der Waals surface area (Å²) < 4.78 is 27.7. The number of anilines is 1. The Morgan fingerprint density at radius 3 is 2.86 bits per heavy atom. The predicted octanol–water partition coefficient (Wildman–Crippen LogP) is 1.75. The second-order valence-corrected chi connectivity index (χ2v) is 7.30. The molecular weight excluding hydrogens is 358 g/mol. The highest BCUT2D eigenvalue weighted by atomic mass is 79.9. The Balaban J connectivity index is 1.89. The molecule has 3 N–H and O–H groups in total. The highest BCUT2D eigenvalue weighted by molar-refractivity contribution is 9.10. The highest BCUT2D eigenvalue weighted by Crippen LogP contribution is 2.32. The SMILES string of the molecule is O=C1Cc2cc(S(=O)(=O)NCc3cc[nH]c3)c(Br)cc2N1. The molecule has 0 aliphatic carbocycles. The molecule has 21 heavy (non-hydrogen) atoms. The number of H-pyrrole nitrogens is 1. The molecule has 0 atom stereocenters. The van der Waals surface area contributed by atoms with Gasteiger partial charge in [-0.25, -0.2) is 13.1 Å². The van der Waals surface area contributed by atoms with Crippen molar-refractivity contribution in [2.75, 3.05) is 5.32 Å². The Morgan fingerprint density at radius 2 is 2.14 bits per heavy atom. The Hall–Kier alpha value is -1.64. The normalized spacial score (nSPS) is 14.0. The monoisotopic (exact) mass is 369 g/mol. The van der Waals surface area contributed by atoms with Gasteiger partial charge in [0.05, 0.1) is 11.3 Å². The molecule has 1 aliphatic heterocycles. The van der Waals surface area contributed by atoms with Crippen molar-refractivity contribution in [1.29, 1.82) is 0 Å². The average molecular weight is 370 g/mol. The summed E-state index contributed by atoms with van der Waals surface area (Å²) in [4.78, 5) is 14.4. The number of hydrogen-bond donors (Lipinski definition) is 3. The zero-order valence-corrected chi connectivity index (χ0v) is 13.2. The van der Waals surface area contributed by atoms with Gasteiger partial charge in [-0.2, -0.15) is 0 Å². The lowest BCUT2D eigenvalue weighted by atomic mass is 10.2. The quantitative estimate of drug-likeness (QED) is 0.766. The summed E-state index contributed by atoms with van der Waals surface area (Å²) in [6, 6.07) is 4.94. The van der Waals surface area contributed by atoms with E-state index in [1.54, 1.807) is 24.5 Å². The molecule has 1 aliphatic rings. The summed E-state index contributed by atoms with van der Waals surface area (Å²) in [5.41, 5.74) is 2.18. The fourth-order valence-corrected chi connectivity index (χ4v) is 4.26. The van der Waals surface area contributed by atoms with E-state index in [2.05, 4.69) is 31.0 Å². The summed E-state index contributed by atoms with van der Waals surface area (Å²) in [7, 11) is -3.66. The standard InChI is InChI=1S/C13H12BrN3O3S/c14-10-5-11-9(4-13(18)17-11)3-12(10)21(19,20)16-7-8-1-2-15-6-8/h1-3,5-6,15-16H,4,7H2,(H,17,18). The van der Waals surface area contributed by atoms with E-state index >= 15 is 0 Å². The highest BCUT2D eigenvalue weighted by Gasteiger charge is 2.24. The third-order valence-corrected chi connectivity index (χ3v) is 5.56. The van der Waals surface area contributed by atoms with Crippen molar-refractivity contribution in [3.05, 3.63) is 46.2 Å². The lowest BCUT2D eigenvalue weighted by Crippen LogP contribution is -2.23. The fraction of sp³-hybridized carbons (Fsp3) is 0.154. The first-order valence-electron chi connectivity index (χ1n) is 6.19. The molecule has 2 heterocycles. The average Bonchev–Trinajstić information content (AvgIpc) is 3.03. The van der Waals surface area contributed by atoms with Gasteiger partial charge in [0, 0.05) is 29.1 Å². The van der Waals surface area contributed by atoms with Crippen LogP contribution in [-0.4, -0.2) is 19.3 Å². The Kier molecular flexibility index (Phi) is 3.60. The summed E-state index contributed by atoms with van der Waals surface area (Å²) in [5, 5.41) is 2.68. The summed E-state index contributed by atoms with van der Waals surface area (Å²) in [6.07, 6.45) is 3.65. The lowest BCUT2D eigenvalue weighted by Gasteiger charge is -2.10.